The Bertz CT molecular complexity index is 1890. The van der Waals surface area contributed by atoms with Crippen molar-refractivity contribution in [3.05, 3.63) is 122 Å². The Labute approximate surface area is 227 Å². The van der Waals surface area contributed by atoms with E-state index < -0.39 is 0 Å². The molecule has 0 amide bonds. The van der Waals surface area contributed by atoms with Gasteiger partial charge in [-0.3, -0.25) is 0 Å². The Morgan fingerprint density at radius 3 is 1.11 bits per heavy atom. The van der Waals surface area contributed by atoms with Crippen molar-refractivity contribution in [2.75, 3.05) is 0 Å². The highest BCUT2D eigenvalue weighted by Crippen LogP contribution is 2.46. The smallest absolute Gasteiger partial charge is 0.0542 e. The summed E-state index contributed by atoms with van der Waals surface area (Å²) in [6, 6.07) is 35.8. The first kappa shape index (κ1) is 21.7. The van der Waals surface area contributed by atoms with Crippen LogP contribution in [0.1, 0.15) is 0 Å². The van der Waals surface area contributed by atoms with Crippen molar-refractivity contribution >= 4 is 52.2 Å². The van der Waals surface area contributed by atoms with E-state index in [-0.39, 0.29) is 0 Å². The summed E-state index contributed by atoms with van der Waals surface area (Å²) < 4.78 is 5.50. The molecule has 0 saturated heterocycles. The van der Waals surface area contributed by atoms with E-state index in [0.29, 0.717) is 0 Å². The molecule has 4 heteroatoms. The van der Waals surface area contributed by atoms with E-state index in [0.717, 1.165) is 0 Å². The number of hydrogen-bond acceptors (Lipinski definition) is 2. The van der Waals surface area contributed by atoms with Crippen LogP contribution in [0.25, 0.3) is 74.1 Å². The number of aromatic amines is 2. The van der Waals surface area contributed by atoms with Crippen LogP contribution in [-0.2, 0) is 0 Å². The highest BCUT2D eigenvalue weighted by molar-refractivity contribution is 7.36. The molecule has 0 atom stereocenters. The number of aromatic nitrogens is 2. The lowest BCUT2D eigenvalue weighted by Gasteiger charge is -2.05. The molecule has 4 heterocycles. The van der Waals surface area contributed by atoms with Gasteiger partial charge in [-0.1, -0.05) is 72.8 Å². The number of fused-ring (bicyclic) bond motifs is 5. The van der Waals surface area contributed by atoms with E-state index >= 15 is 0 Å². The quantitative estimate of drug-likeness (QED) is 0.230. The SMILES string of the molecule is c1cc(-c2ccc(-c3ccc4c(c3)sc3c5ccc(-c6ccc(-c7cc[nH]c7)cc6)cc5sc43)cc2)c[nH]1. The molecule has 0 aliphatic rings. The molecule has 0 saturated carbocycles. The van der Waals surface area contributed by atoms with Crippen LogP contribution < -0.4 is 0 Å². The third kappa shape index (κ3) is 3.53. The highest BCUT2D eigenvalue weighted by Gasteiger charge is 2.14. The normalized spacial score (nSPS) is 11.7. The Morgan fingerprint density at radius 2 is 0.737 bits per heavy atom. The lowest BCUT2D eigenvalue weighted by atomic mass is 10.0. The first-order valence-corrected chi connectivity index (χ1v) is 14.3. The van der Waals surface area contributed by atoms with Gasteiger partial charge in [-0.15, -0.1) is 22.7 Å². The largest absolute Gasteiger partial charge is 0.367 e. The van der Waals surface area contributed by atoms with Crippen LogP contribution in [0.15, 0.2) is 122 Å². The number of benzene rings is 4. The summed E-state index contributed by atoms with van der Waals surface area (Å²) in [6.45, 7) is 0. The van der Waals surface area contributed by atoms with Gasteiger partial charge in [0.1, 0.15) is 0 Å². The maximum absolute atomic E-state index is 3.14. The summed E-state index contributed by atoms with van der Waals surface area (Å²) >= 11 is 3.83. The molecule has 2 N–H and O–H groups in total. The average Bonchev–Trinajstić information content (AvgIpc) is 3.78. The maximum atomic E-state index is 3.14. The minimum absolute atomic E-state index is 1.22. The maximum Gasteiger partial charge on any atom is 0.0542 e. The summed E-state index contributed by atoms with van der Waals surface area (Å²) in [5.41, 5.74) is 9.93. The van der Waals surface area contributed by atoms with Crippen LogP contribution in [0, 0.1) is 0 Å². The van der Waals surface area contributed by atoms with Crippen LogP contribution in [0.3, 0.4) is 0 Å². The van der Waals surface area contributed by atoms with Gasteiger partial charge >= 0.3 is 0 Å². The molecule has 0 spiro atoms. The molecule has 2 nitrogen and oxygen atoms in total. The number of thiophene rings is 2. The molecular weight excluding hydrogens is 501 g/mol. The minimum atomic E-state index is 1.22. The van der Waals surface area contributed by atoms with Gasteiger partial charge in [0.15, 0.2) is 0 Å². The van der Waals surface area contributed by atoms with Crippen molar-refractivity contribution in [2.24, 2.45) is 0 Å². The van der Waals surface area contributed by atoms with E-state index in [4.69, 9.17) is 0 Å². The third-order valence-corrected chi connectivity index (χ3v) is 9.88. The van der Waals surface area contributed by atoms with E-state index in [1.807, 2.05) is 47.5 Å². The first-order valence-electron chi connectivity index (χ1n) is 12.7. The zero-order valence-electron chi connectivity index (χ0n) is 20.4. The van der Waals surface area contributed by atoms with Gasteiger partial charge in [0.25, 0.3) is 0 Å². The Morgan fingerprint density at radius 1 is 0.368 bits per heavy atom. The summed E-state index contributed by atoms with van der Waals surface area (Å²) in [6.07, 6.45) is 8.00. The van der Waals surface area contributed by atoms with Crippen molar-refractivity contribution < 1.29 is 0 Å². The van der Waals surface area contributed by atoms with Gasteiger partial charge in [-0.05, 0) is 68.8 Å². The molecule has 8 aromatic rings. The molecule has 180 valence electrons. The second-order valence-electron chi connectivity index (χ2n) is 9.64. The number of hydrogen-bond donors (Lipinski definition) is 2. The Kier molecular flexibility index (Phi) is 4.90. The van der Waals surface area contributed by atoms with Crippen LogP contribution in [0.4, 0.5) is 0 Å². The average molecular weight is 523 g/mol. The molecule has 0 radical (unpaired) electrons. The van der Waals surface area contributed by atoms with E-state index in [2.05, 4.69) is 107 Å². The molecule has 4 aromatic carbocycles. The van der Waals surface area contributed by atoms with Crippen LogP contribution in [-0.4, -0.2) is 9.97 Å². The molecule has 0 fully saturated rings. The molecular formula is C34H22N2S2. The fraction of sp³-hybridized carbons (Fsp3) is 0. The summed E-state index contributed by atoms with van der Waals surface area (Å²) in [7, 11) is 0. The second-order valence-corrected chi connectivity index (χ2v) is 11.7. The molecule has 4 aromatic heterocycles. The molecule has 8 rings (SSSR count). The van der Waals surface area contributed by atoms with Gasteiger partial charge < -0.3 is 9.97 Å². The van der Waals surface area contributed by atoms with E-state index in [1.54, 1.807) is 0 Å². The van der Waals surface area contributed by atoms with Crippen molar-refractivity contribution in [1.29, 1.82) is 0 Å². The summed E-state index contributed by atoms with van der Waals surface area (Å²) in [4.78, 5) is 6.27. The van der Waals surface area contributed by atoms with Crippen LogP contribution in [0.2, 0.25) is 0 Å². The van der Waals surface area contributed by atoms with Crippen LogP contribution in [0.5, 0.6) is 0 Å². The first-order chi connectivity index (χ1) is 18.8. The summed E-state index contributed by atoms with van der Waals surface area (Å²) in [5, 5.41) is 2.72. The number of nitrogens with one attached hydrogen (secondary N) is 2. The number of rotatable bonds is 4. The zero-order valence-corrected chi connectivity index (χ0v) is 22.0. The molecule has 0 unspecified atom stereocenters. The predicted octanol–water partition coefficient (Wildman–Crippen LogP) is 10.6. The second kappa shape index (κ2) is 8.59. The van der Waals surface area contributed by atoms with Crippen molar-refractivity contribution in [3.63, 3.8) is 0 Å². The van der Waals surface area contributed by atoms with Gasteiger partial charge in [0.05, 0.1) is 9.40 Å². The molecule has 0 aliphatic carbocycles. The standard InChI is InChI=1S/C34H22N2S2/c1-5-23(27-13-15-35-19-27)6-2-21(1)25-9-11-29-31(17-25)37-34-30-12-10-26(18-32(30)38-33(29)34)22-3-7-24(8-4-22)28-14-16-36-20-28/h1-20,35-36H. The molecule has 0 bridgehead atoms. The van der Waals surface area contributed by atoms with Crippen molar-refractivity contribution in [3.8, 4) is 44.5 Å². The highest BCUT2D eigenvalue weighted by atomic mass is 32.1. The predicted molar refractivity (Wildman–Crippen MR) is 165 cm³/mol. The van der Waals surface area contributed by atoms with Crippen LogP contribution >= 0.6 is 22.7 Å². The fourth-order valence-electron chi connectivity index (χ4n) is 5.33. The Balaban J connectivity index is 1.14. The van der Waals surface area contributed by atoms with Crippen molar-refractivity contribution in [2.45, 2.75) is 0 Å². The molecule has 0 aliphatic heterocycles. The number of H-pyrrole nitrogens is 2. The van der Waals surface area contributed by atoms with E-state index in [1.165, 1.54) is 74.1 Å². The third-order valence-electron chi connectivity index (χ3n) is 7.38. The lowest BCUT2D eigenvalue weighted by molar-refractivity contribution is 1.41. The molecule has 38 heavy (non-hydrogen) atoms. The van der Waals surface area contributed by atoms with Gasteiger partial charge in [-0.25, -0.2) is 0 Å². The summed E-state index contributed by atoms with van der Waals surface area (Å²) in [5.74, 6) is 0. The zero-order chi connectivity index (χ0) is 25.1. The Hall–Kier alpha value is -4.38. The topological polar surface area (TPSA) is 31.6 Å². The lowest BCUT2D eigenvalue weighted by Crippen LogP contribution is -1.79. The van der Waals surface area contributed by atoms with Crippen molar-refractivity contribution in [1.82, 2.24) is 9.97 Å². The monoisotopic (exact) mass is 522 g/mol. The van der Waals surface area contributed by atoms with Gasteiger partial charge in [-0.2, -0.15) is 0 Å². The van der Waals surface area contributed by atoms with E-state index in [9.17, 15) is 0 Å². The van der Waals surface area contributed by atoms with Gasteiger partial charge in [0.2, 0.25) is 0 Å². The minimum Gasteiger partial charge on any atom is -0.367 e. The van der Waals surface area contributed by atoms with Gasteiger partial charge in [0, 0.05) is 45.0 Å². The fourth-order valence-corrected chi connectivity index (χ4v) is 8.06.